The second kappa shape index (κ2) is 4.99. The fourth-order valence-corrected chi connectivity index (χ4v) is 1.87. The summed E-state index contributed by atoms with van der Waals surface area (Å²) in [5, 5.41) is 6.10. The standard InChI is InChI=1S/C11H16N4O2/c1-7-10(13-6-14-11(7)17-2)12-5-8-3-4-9(16)15-8/h6,8H,3-5H2,1-2H3,(H,15,16)(H,12,13,14). The van der Waals surface area contributed by atoms with E-state index in [4.69, 9.17) is 4.74 Å². The maximum Gasteiger partial charge on any atom is 0.221 e. The van der Waals surface area contributed by atoms with Gasteiger partial charge in [-0.2, -0.15) is 0 Å². The average Bonchev–Trinajstić information content (AvgIpc) is 2.74. The fraction of sp³-hybridized carbons (Fsp3) is 0.545. The summed E-state index contributed by atoms with van der Waals surface area (Å²) in [6.45, 7) is 2.57. The van der Waals surface area contributed by atoms with Crippen LogP contribution in [0.15, 0.2) is 6.33 Å². The van der Waals surface area contributed by atoms with Crippen LogP contribution in [0, 0.1) is 6.92 Å². The van der Waals surface area contributed by atoms with E-state index in [1.807, 2.05) is 6.92 Å². The van der Waals surface area contributed by atoms with E-state index >= 15 is 0 Å². The van der Waals surface area contributed by atoms with E-state index in [2.05, 4.69) is 20.6 Å². The molecule has 6 heteroatoms. The lowest BCUT2D eigenvalue weighted by atomic mass is 10.2. The third kappa shape index (κ3) is 2.64. The van der Waals surface area contributed by atoms with Gasteiger partial charge in [-0.15, -0.1) is 0 Å². The number of ether oxygens (including phenoxy) is 1. The molecule has 2 rings (SSSR count). The van der Waals surface area contributed by atoms with Gasteiger partial charge in [0.25, 0.3) is 0 Å². The Morgan fingerprint density at radius 1 is 1.59 bits per heavy atom. The molecule has 1 aromatic rings. The molecule has 2 heterocycles. The second-order valence-corrected chi connectivity index (χ2v) is 4.04. The minimum atomic E-state index is 0.119. The van der Waals surface area contributed by atoms with Gasteiger partial charge in [0.1, 0.15) is 12.1 Å². The Morgan fingerprint density at radius 3 is 3.06 bits per heavy atom. The SMILES string of the molecule is COc1ncnc(NCC2CCC(=O)N2)c1C. The van der Waals surface area contributed by atoms with Gasteiger partial charge in [-0.05, 0) is 13.3 Å². The van der Waals surface area contributed by atoms with Crippen LogP contribution in [0.25, 0.3) is 0 Å². The number of rotatable bonds is 4. The molecule has 1 aromatic heterocycles. The molecule has 0 aromatic carbocycles. The molecule has 1 atom stereocenters. The zero-order valence-electron chi connectivity index (χ0n) is 9.99. The van der Waals surface area contributed by atoms with Crippen LogP contribution in [0.2, 0.25) is 0 Å². The monoisotopic (exact) mass is 236 g/mol. The van der Waals surface area contributed by atoms with Crippen LogP contribution in [-0.2, 0) is 4.79 Å². The third-order valence-electron chi connectivity index (χ3n) is 2.83. The van der Waals surface area contributed by atoms with Crippen molar-refractivity contribution in [3.8, 4) is 5.88 Å². The summed E-state index contributed by atoms with van der Waals surface area (Å²) in [5.41, 5.74) is 0.874. The van der Waals surface area contributed by atoms with Crippen molar-refractivity contribution in [2.75, 3.05) is 19.0 Å². The summed E-state index contributed by atoms with van der Waals surface area (Å²) in [6.07, 6.45) is 2.94. The van der Waals surface area contributed by atoms with E-state index in [1.54, 1.807) is 7.11 Å². The van der Waals surface area contributed by atoms with E-state index in [0.717, 1.165) is 17.8 Å². The molecule has 1 saturated heterocycles. The smallest absolute Gasteiger partial charge is 0.221 e. The molecule has 92 valence electrons. The van der Waals surface area contributed by atoms with E-state index in [-0.39, 0.29) is 11.9 Å². The number of methoxy groups -OCH3 is 1. The topological polar surface area (TPSA) is 76.1 Å². The molecule has 0 saturated carbocycles. The molecule has 0 spiro atoms. The maximum atomic E-state index is 11.0. The molecule has 0 bridgehead atoms. The highest BCUT2D eigenvalue weighted by atomic mass is 16.5. The van der Waals surface area contributed by atoms with Gasteiger partial charge in [0.15, 0.2) is 0 Å². The van der Waals surface area contributed by atoms with Crippen LogP contribution in [0.4, 0.5) is 5.82 Å². The second-order valence-electron chi connectivity index (χ2n) is 4.04. The average molecular weight is 236 g/mol. The molecule has 0 radical (unpaired) electrons. The number of carbonyl (C=O) groups excluding carboxylic acids is 1. The maximum absolute atomic E-state index is 11.0. The predicted octanol–water partition coefficient (Wildman–Crippen LogP) is 0.484. The molecule has 1 amide bonds. The lowest BCUT2D eigenvalue weighted by molar-refractivity contribution is -0.119. The van der Waals surface area contributed by atoms with E-state index in [0.29, 0.717) is 18.8 Å². The Balaban J connectivity index is 1.97. The van der Waals surface area contributed by atoms with Gasteiger partial charge in [-0.1, -0.05) is 0 Å². The number of hydrogen-bond donors (Lipinski definition) is 2. The largest absolute Gasteiger partial charge is 0.481 e. The molecular formula is C11H16N4O2. The first kappa shape index (κ1) is 11.6. The Labute approximate surface area is 99.8 Å². The first-order valence-electron chi connectivity index (χ1n) is 5.59. The highest BCUT2D eigenvalue weighted by Gasteiger charge is 2.20. The van der Waals surface area contributed by atoms with Crippen molar-refractivity contribution < 1.29 is 9.53 Å². The van der Waals surface area contributed by atoms with Gasteiger partial charge in [-0.3, -0.25) is 4.79 Å². The minimum absolute atomic E-state index is 0.119. The summed E-state index contributed by atoms with van der Waals surface area (Å²) in [6, 6.07) is 0.183. The summed E-state index contributed by atoms with van der Waals surface area (Å²) in [7, 11) is 1.58. The third-order valence-corrected chi connectivity index (χ3v) is 2.83. The number of carbonyl (C=O) groups is 1. The molecular weight excluding hydrogens is 220 g/mol. The van der Waals surface area contributed by atoms with Crippen molar-refractivity contribution in [3.63, 3.8) is 0 Å². The Kier molecular flexibility index (Phi) is 3.41. The normalized spacial score (nSPS) is 18.9. The molecule has 6 nitrogen and oxygen atoms in total. The number of anilines is 1. The van der Waals surface area contributed by atoms with Crippen molar-refractivity contribution in [1.82, 2.24) is 15.3 Å². The fourth-order valence-electron chi connectivity index (χ4n) is 1.87. The summed E-state index contributed by atoms with van der Waals surface area (Å²) >= 11 is 0. The van der Waals surface area contributed by atoms with Crippen molar-refractivity contribution >= 4 is 11.7 Å². The van der Waals surface area contributed by atoms with Gasteiger partial charge in [0, 0.05) is 19.0 Å². The first-order valence-corrected chi connectivity index (χ1v) is 5.59. The van der Waals surface area contributed by atoms with Crippen LogP contribution < -0.4 is 15.4 Å². The Hall–Kier alpha value is -1.85. The number of amides is 1. The van der Waals surface area contributed by atoms with Crippen LogP contribution in [0.5, 0.6) is 5.88 Å². The van der Waals surface area contributed by atoms with E-state index < -0.39 is 0 Å². The van der Waals surface area contributed by atoms with Crippen molar-refractivity contribution in [1.29, 1.82) is 0 Å². The lowest BCUT2D eigenvalue weighted by Crippen LogP contribution is -2.32. The van der Waals surface area contributed by atoms with Gasteiger partial charge in [0.05, 0.1) is 12.7 Å². The molecule has 1 unspecified atom stereocenters. The van der Waals surface area contributed by atoms with Crippen LogP contribution in [-0.4, -0.2) is 35.6 Å². The Morgan fingerprint density at radius 2 is 2.41 bits per heavy atom. The van der Waals surface area contributed by atoms with Crippen molar-refractivity contribution in [2.24, 2.45) is 0 Å². The quantitative estimate of drug-likeness (QED) is 0.795. The van der Waals surface area contributed by atoms with Crippen LogP contribution in [0.3, 0.4) is 0 Å². The highest BCUT2D eigenvalue weighted by molar-refractivity contribution is 5.78. The minimum Gasteiger partial charge on any atom is -0.481 e. The zero-order valence-corrected chi connectivity index (χ0v) is 9.99. The van der Waals surface area contributed by atoms with Crippen molar-refractivity contribution in [2.45, 2.75) is 25.8 Å². The van der Waals surface area contributed by atoms with Crippen LogP contribution >= 0.6 is 0 Å². The van der Waals surface area contributed by atoms with Gasteiger partial charge < -0.3 is 15.4 Å². The summed E-state index contributed by atoms with van der Waals surface area (Å²) < 4.78 is 5.11. The molecule has 0 aliphatic carbocycles. The number of nitrogens with zero attached hydrogens (tertiary/aromatic N) is 2. The molecule has 1 aliphatic rings. The van der Waals surface area contributed by atoms with Gasteiger partial charge >= 0.3 is 0 Å². The molecule has 2 N–H and O–H groups in total. The van der Waals surface area contributed by atoms with Crippen LogP contribution in [0.1, 0.15) is 18.4 Å². The first-order chi connectivity index (χ1) is 8.20. The molecule has 1 aliphatic heterocycles. The van der Waals surface area contributed by atoms with E-state index in [1.165, 1.54) is 6.33 Å². The summed E-state index contributed by atoms with van der Waals surface area (Å²) in [5.74, 6) is 1.43. The number of aromatic nitrogens is 2. The summed E-state index contributed by atoms with van der Waals surface area (Å²) in [4.78, 5) is 19.2. The number of nitrogens with one attached hydrogen (secondary N) is 2. The highest BCUT2D eigenvalue weighted by Crippen LogP contribution is 2.20. The van der Waals surface area contributed by atoms with Gasteiger partial charge in [-0.25, -0.2) is 9.97 Å². The van der Waals surface area contributed by atoms with Gasteiger partial charge in [0.2, 0.25) is 11.8 Å². The Bertz CT molecular complexity index is 422. The zero-order chi connectivity index (χ0) is 12.3. The van der Waals surface area contributed by atoms with E-state index in [9.17, 15) is 4.79 Å². The molecule has 1 fully saturated rings. The molecule has 17 heavy (non-hydrogen) atoms. The predicted molar refractivity (Wildman–Crippen MR) is 63.0 cm³/mol. The lowest BCUT2D eigenvalue weighted by Gasteiger charge is -2.14. The number of hydrogen-bond acceptors (Lipinski definition) is 5. The van der Waals surface area contributed by atoms with Crippen molar-refractivity contribution in [3.05, 3.63) is 11.9 Å².